The van der Waals surface area contributed by atoms with Crippen LogP contribution >= 0.6 is 0 Å². The number of cyclic esters (lactones) is 1. The van der Waals surface area contributed by atoms with E-state index in [1.807, 2.05) is 65.0 Å². The van der Waals surface area contributed by atoms with Crippen LogP contribution < -0.4 is 0 Å². The van der Waals surface area contributed by atoms with Crippen molar-refractivity contribution in [2.75, 3.05) is 20.8 Å². The lowest BCUT2D eigenvalue weighted by Gasteiger charge is -2.42. The van der Waals surface area contributed by atoms with Gasteiger partial charge in [0.2, 0.25) is 0 Å². The first-order chi connectivity index (χ1) is 30.5. The summed E-state index contributed by atoms with van der Waals surface area (Å²) in [5.74, 6) is -9.44. The zero-order valence-corrected chi connectivity index (χ0v) is 41.0. The first-order valence-corrected chi connectivity index (χ1v) is 24.1. The van der Waals surface area contributed by atoms with E-state index < -0.39 is 83.3 Å². The second-order valence-corrected chi connectivity index (χ2v) is 20.6. The quantitative estimate of drug-likeness (QED) is 0.161. The second-order valence-electron chi connectivity index (χ2n) is 20.6. The van der Waals surface area contributed by atoms with Gasteiger partial charge in [-0.2, -0.15) is 0 Å². The molecule has 1 saturated carbocycles. The number of rotatable bonds is 5. The minimum atomic E-state index is -2.90. The maximum absolute atomic E-state index is 17.1. The molecule has 14 atom stereocenters. The Morgan fingerprint density at radius 3 is 2.31 bits per heavy atom. The van der Waals surface area contributed by atoms with E-state index >= 15 is 8.78 Å². The van der Waals surface area contributed by atoms with Gasteiger partial charge in [-0.15, -0.1) is 0 Å². The molecule has 3 aliphatic heterocycles. The highest BCUT2D eigenvalue weighted by atomic mass is 19.2. The normalized spacial score (nSPS) is 40.1. The highest BCUT2D eigenvalue weighted by Crippen LogP contribution is 2.43. The number of ketones is 3. The van der Waals surface area contributed by atoms with E-state index in [4.69, 9.17) is 18.9 Å². The molecule has 4 rings (SSSR count). The van der Waals surface area contributed by atoms with Gasteiger partial charge in [0.1, 0.15) is 17.9 Å². The molecule has 1 amide bonds. The summed E-state index contributed by atoms with van der Waals surface area (Å²) in [6.45, 7) is 16.4. The molecule has 2 saturated heterocycles. The number of allylic oxidation sites excluding steroid dienone is 7. The van der Waals surface area contributed by atoms with Crippen LogP contribution in [0.1, 0.15) is 139 Å². The van der Waals surface area contributed by atoms with Crippen molar-refractivity contribution in [1.82, 2.24) is 4.90 Å². The van der Waals surface area contributed by atoms with Crippen molar-refractivity contribution in [3.63, 3.8) is 0 Å². The van der Waals surface area contributed by atoms with E-state index in [2.05, 4.69) is 0 Å². The molecular formula is C52H79F2NO10. The number of carbonyl (C=O) groups excluding carboxylic acids is 5. The molecule has 65 heavy (non-hydrogen) atoms. The maximum atomic E-state index is 17.1. The molecule has 0 aromatic heterocycles. The Hall–Kier alpha value is -3.39. The van der Waals surface area contributed by atoms with Gasteiger partial charge in [-0.1, -0.05) is 90.5 Å². The van der Waals surface area contributed by atoms with Gasteiger partial charge in [-0.05, 0) is 113 Å². The zero-order valence-electron chi connectivity index (χ0n) is 41.0. The van der Waals surface area contributed by atoms with E-state index in [0.29, 0.717) is 64.2 Å². The molecule has 4 aliphatic rings. The molecule has 3 heterocycles. The number of piperidine rings is 1. The lowest BCUT2D eigenvalue weighted by molar-refractivity contribution is -0.231. The third kappa shape index (κ3) is 14.1. The molecule has 0 spiro atoms. The number of esters is 1. The lowest BCUT2D eigenvalue weighted by atomic mass is 9.77. The van der Waals surface area contributed by atoms with Gasteiger partial charge in [0.15, 0.2) is 18.1 Å². The smallest absolute Gasteiger partial charge is 0.329 e. The van der Waals surface area contributed by atoms with E-state index in [1.54, 1.807) is 27.9 Å². The number of methoxy groups -OCH3 is 2. The van der Waals surface area contributed by atoms with Crippen LogP contribution in [-0.4, -0.2) is 109 Å². The van der Waals surface area contributed by atoms with E-state index in [9.17, 15) is 29.1 Å². The predicted molar refractivity (Wildman–Crippen MR) is 246 cm³/mol. The van der Waals surface area contributed by atoms with Crippen LogP contribution in [-0.2, 0) is 42.9 Å². The van der Waals surface area contributed by atoms with E-state index in [-0.39, 0.29) is 60.4 Å². The van der Waals surface area contributed by atoms with Crippen molar-refractivity contribution in [2.45, 2.75) is 188 Å². The third-order valence-corrected chi connectivity index (χ3v) is 14.9. The Kier molecular flexibility index (Phi) is 20.1. The molecule has 0 aromatic rings. The zero-order chi connectivity index (χ0) is 48.4. The number of aliphatic hydroxyl groups excluding tert-OH is 1. The predicted octanol–water partition coefficient (Wildman–Crippen LogP) is 9.15. The number of aliphatic hydroxyl groups is 1. The van der Waals surface area contributed by atoms with Crippen LogP contribution in [0.2, 0.25) is 0 Å². The Morgan fingerprint density at radius 1 is 0.923 bits per heavy atom. The highest BCUT2D eigenvalue weighted by molar-refractivity contribution is 6.39. The molecule has 0 aromatic carbocycles. The van der Waals surface area contributed by atoms with Gasteiger partial charge >= 0.3 is 5.97 Å². The fraction of sp³-hybridized carbons (Fsp3) is 0.750. The Bertz CT molecular complexity index is 1790. The molecule has 1 N–H and O–H groups in total. The molecule has 4 unspecified atom stereocenters. The Labute approximate surface area is 387 Å². The first kappa shape index (κ1) is 54.2. The van der Waals surface area contributed by atoms with Gasteiger partial charge in [0.05, 0.1) is 18.3 Å². The summed E-state index contributed by atoms with van der Waals surface area (Å²) >= 11 is 0. The minimum Gasteiger partial charge on any atom is -0.460 e. The molecule has 11 nitrogen and oxygen atoms in total. The summed E-state index contributed by atoms with van der Waals surface area (Å²) in [7, 11) is 2.85. The average Bonchev–Trinajstić information content (AvgIpc) is 3.26. The number of amides is 1. The number of carbonyl (C=O) groups is 5. The largest absolute Gasteiger partial charge is 0.460 e. The second kappa shape index (κ2) is 24.1. The van der Waals surface area contributed by atoms with E-state index in [0.717, 1.165) is 10.5 Å². The number of fused-ring (bicyclic) bond motifs is 3. The number of hydrogen-bond acceptors (Lipinski definition) is 10. The lowest BCUT2D eigenvalue weighted by Crippen LogP contribution is -2.59. The summed E-state index contributed by atoms with van der Waals surface area (Å²) in [6.07, 6.45) is 10.3. The summed E-state index contributed by atoms with van der Waals surface area (Å²) < 4.78 is 56.5. The fourth-order valence-electron chi connectivity index (χ4n) is 10.2. The molecule has 0 radical (unpaired) electrons. The van der Waals surface area contributed by atoms with Crippen molar-refractivity contribution in [3.05, 3.63) is 47.6 Å². The van der Waals surface area contributed by atoms with Crippen molar-refractivity contribution in [1.29, 1.82) is 0 Å². The van der Waals surface area contributed by atoms with Crippen LogP contribution in [0.25, 0.3) is 0 Å². The standard InChI is InChI=1S/C52H79F2NO10/c1-31-17-13-12-14-18-36(6)51(8,9)30-39-22-20-37(7)52(54,65-39)48(59)49(60)55-24-16-15-19-40(55)50(61)64-43(33(3)27-38-21-23-41(56)44(28-38)62-10)29-42(57)32(2)26-34(4)45(53)47(63-11)46(58)35(5)25-31/h12-14,17-18,26,31-33,35,37-41,43-45,47,56H,15-16,19-25,27-30H2,1-11H3/b14-12+,17-13+,34-26+,36-18+/t31-,32-,33-,35-,37-,38?,39+,40+,41+,43?,44-,45?,47-,52?/m1/s1. The Morgan fingerprint density at radius 2 is 1.63 bits per heavy atom. The van der Waals surface area contributed by atoms with Gasteiger partial charge in [0.25, 0.3) is 17.5 Å². The van der Waals surface area contributed by atoms with Crippen molar-refractivity contribution < 1.29 is 56.8 Å². The summed E-state index contributed by atoms with van der Waals surface area (Å²) in [5, 5.41) is 10.5. The van der Waals surface area contributed by atoms with Crippen molar-refractivity contribution in [2.24, 2.45) is 40.9 Å². The number of Topliss-reactive ketones (excluding diaryl/α,β-unsaturated/α-hetero) is 3. The summed E-state index contributed by atoms with van der Waals surface area (Å²) in [4.78, 5) is 71.4. The molecule has 3 fully saturated rings. The first-order valence-electron chi connectivity index (χ1n) is 24.1. The molecule has 366 valence electrons. The molecular weight excluding hydrogens is 837 g/mol. The van der Waals surface area contributed by atoms with Crippen molar-refractivity contribution in [3.8, 4) is 0 Å². The van der Waals surface area contributed by atoms with Gasteiger partial charge in [-0.3, -0.25) is 19.2 Å². The monoisotopic (exact) mass is 916 g/mol. The number of nitrogens with zero attached hydrogens (tertiary/aromatic N) is 1. The van der Waals surface area contributed by atoms with Crippen molar-refractivity contribution >= 4 is 29.2 Å². The number of ether oxygens (including phenoxy) is 4. The van der Waals surface area contributed by atoms with Crippen LogP contribution in [0.3, 0.4) is 0 Å². The Balaban J connectivity index is 1.71. The minimum absolute atomic E-state index is 0.0151. The number of halogens is 2. The summed E-state index contributed by atoms with van der Waals surface area (Å²) in [6, 6.07) is -1.20. The molecule has 1 aliphatic carbocycles. The third-order valence-electron chi connectivity index (χ3n) is 14.9. The van der Waals surface area contributed by atoms with Crippen LogP contribution in [0.4, 0.5) is 8.78 Å². The van der Waals surface area contributed by atoms with Gasteiger partial charge in [0, 0.05) is 44.9 Å². The molecule has 13 heteroatoms. The van der Waals surface area contributed by atoms with Gasteiger partial charge in [-0.25, -0.2) is 13.6 Å². The van der Waals surface area contributed by atoms with E-state index in [1.165, 1.54) is 20.1 Å². The molecule has 2 bridgehead atoms. The van der Waals surface area contributed by atoms with Crippen LogP contribution in [0, 0.1) is 40.9 Å². The fourth-order valence-corrected chi connectivity index (χ4v) is 10.2. The van der Waals surface area contributed by atoms with Gasteiger partial charge < -0.3 is 29.0 Å². The SMILES string of the molecule is CO[C@H]1C(=O)[C@H](C)C[C@H](C)/C=C/C=C/C=C(\C)C(C)(C)C[C@@H]2CC[C@@H](C)C(F)(O2)C(=O)C(=O)N2CCCC[C@H]2C(=O)OC([C@H](C)CC2CC[C@H](O)[C@H](OC)C2)CC(=O)[C@H](C)/C=C(\C)C1F. The number of hydrogen-bond donors (Lipinski definition) is 1. The average molecular weight is 916 g/mol. The number of alkyl halides is 2. The van der Waals surface area contributed by atoms with Crippen LogP contribution in [0.15, 0.2) is 47.6 Å². The van der Waals surface area contributed by atoms with Crippen LogP contribution in [0.5, 0.6) is 0 Å². The highest BCUT2D eigenvalue weighted by Gasteiger charge is 2.55. The topological polar surface area (TPSA) is 146 Å². The summed E-state index contributed by atoms with van der Waals surface area (Å²) in [5.41, 5.74) is 0.697. The maximum Gasteiger partial charge on any atom is 0.329 e.